The van der Waals surface area contributed by atoms with Crippen molar-refractivity contribution in [3.63, 3.8) is 0 Å². The molecular formula is C40H60FN5O8Si. The minimum atomic E-state index is -2.93. The van der Waals surface area contributed by atoms with E-state index >= 15 is 14.0 Å². The number of nitrogens with one attached hydrogen (secondary N) is 2. The van der Waals surface area contributed by atoms with Crippen molar-refractivity contribution in [3.8, 4) is 11.6 Å². The lowest BCUT2D eigenvalue weighted by Gasteiger charge is -2.55. The number of fused-ring (bicyclic) bond motifs is 4. The summed E-state index contributed by atoms with van der Waals surface area (Å²) in [7, 11) is 0.753. The highest BCUT2D eigenvalue weighted by atomic mass is 28.4. The average Bonchev–Trinajstić information content (AvgIpc) is 3.49. The van der Waals surface area contributed by atoms with Crippen molar-refractivity contribution in [2.75, 3.05) is 39.2 Å². The van der Waals surface area contributed by atoms with E-state index in [1.807, 2.05) is 87.5 Å². The van der Waals surface area contributed by atoms with Gasteiger partial charge in [-0.25, -0.2) is 0 Å². The van der Waals surface area contributed by atoms with E-state index in [1.54, 1.807) is 0 Å². The fourth-order valence-corrected chi connectivity index (χ4v) is 8.96. The Bertz CT molecular complexity index is 1840. The lowest BCUT2D eigenvalue weighted by atomic mass is 9.58. The van der Waals surface area contributed by atoms with Gasteiger partial charge in [0, 0.05) is 22.6 Å². The lowest BCUT2D eigenvalue weighted by Crippen LogP contribution is -2.65. The highest BCUT2D eigenvalue weighted by molar-refractivity contribution is 6.74. The Morgan fingerprint density at radius 1 is 1.05 bits per heavy atom. The summed E-state index contributed by atoms with van der Waals surface area (Å²) in [4.78, 5) is 49.5. The predicted molar refractivity (Wildman–Crippen MR) is 209 cm³/mol. The standard InChI is InChI=1S/C40H60FN5O8Si/c1-13-15-17-51-32-27-23(35(41)44-36(32)43-25(47)21-42-38(3,4)5)19-22-20-24-29(46(9)10)31-28(37(45-53-31)52-18-16-14-2)34(50)40(24,33(49)26(22)30(27)48)54-55(11,12)39(6,7)8/h22,24,29,42,49H,13-21H2,1-12H3,(H,43,44,47)/t22-,24-,29-,40-/m0/s1. The molecule has 2 aromatic rings. The molecule has 13 nitrogen and oxygen atoms in total. The number of hydrogen-bond acceptors (Lipinski definition) is 12. The van der Waals surface area contributed by atoms with Crippen molar-refractivity contribution >= 4 is 31.6 Å². The summed E-state index contributed by atoms with van der Waals surface area (Å²) in [5.74, 6) is -4.71. The zero-order chi connectivity index (χ0) is 40.8. The predicted octanol–water partition coefficient (Wildman–Crippen LogP) is 7.34. The number of amides is 1. The summed E-state index contributed by atoms with van der Waals surface area (Å²) < 4.78 is 41.5. The normalized spacial score (nSPS) is 22.6. The van der Waals surface area contributed by atoms with E-state index in [9.17, 15) is 9.90 Å². The quantitative estimate of drug-likeness (QED) is 0.0993. The minimum absolute atomic E-state index is 0.0123. The molecule has 0 aromatic carbocycles. The second kappa shape index (κ2) is 15.7. The molecule has 0 bridgehead atoms. The number of ketones is 2. The zero-order valence-electron chi connectivity index (χ0n) is 34.6. The van der Waals surface area contributed by atoms with Crippen LogP contribution in [0.5, 0.6) is 11.6 Å². The van der Waals surface area contributed by atoms with Crippen LogP contribution in [-0.4, -0.2) is 90.9 Å². The maximum atomic E-state index is 16.2. The lowest BCUT2D eigenvalue weighted by molar-refractivity contribution is -0.115. The van der Waals surface area contributed by atoms with Crippen LogP contribution >= 0.6 is 0 Å². The third-order valence-electron chi connectivity index (χ3n) is 11.4. The van der Waals surface area contributed by atoms with Crippen LogP contribution in [0.25, 0.3) is 0 Å². The molecule has 55 heavy (non-hydrogen) atoms. The Balaban J connectivity index is 1.75. The number of aliphatic hydroxyl groups is 1. The molecule has 0 radical (unpaired) electrons. The molecular weight excluding hydrogens is 726 g/mol. The first-order valence-electron chi connectivity index (χ1n) is 19.5. The second-order valence-corrected chi connectivity index (χ2v) is 22.6. The number of allylic oxidation sites excluding steroid dienone is 1. The van der Waals surface area contributed by atoms with Gasteiger partial charge in [-0.3, -0.25) is 19.3 Å². The molecule has 2 aromatic heterocycles. The maximum Gasteiger partial charge on any atom is 0.265 e. The molecule has 15 heteroatoms. The molecule has 2 heterocycles. The number of aliphatic hydroxyl groups excluding tert-OH is 1. The van der Waals surface area contributed by atoms with E-state index < -0.39 is 66.0 Å². The van der Waals surface area contributed by atoms with Crippen molar-refractivity contribution < 1.29 is 42.3 Å². The summed E-state index contributed by atoms with van der Waals surface area (Å²) in [5.41, 5.74) is -2.48. The van der Waals surface area contributed by atoms with E-state index in [1.165, 1.54) is 0 Å². The Morgan fingerprint density at radius 2 is 1.69 bits per heavy atom. The Hall–Kier alpha value is -3.66. The van der Waals surface area contributed by atoms with Gasteiger partial charge in [-0.1, -0.05) is 47.5 Å². The van der Waals surface area contributed by atoms with Crippen LogP contribution in [0, 0.1) is 17.8 Å². The highest BCUT2D eigenvalue weighted by Crippen LogP contribution is 2.60. The van der Waals surface area contributed by atoms with Crippen LogP contribution in [0.1, 0.15) is 126 Å². The van der Waals surface area contributed by atoms with Crippen molar-refractivity contribution in [3.05, 3.63) is 39.7 Å². The van der Waals surface area contributed by atoms with E-state index in [4.69, 9.17) is 18.4 Å². The van der Waals surface area contributed by atoms with E-state index in [0.717, 1.165) is 19.3 Å². The number of aromatic nitrogens is 2. The first kappa shape index (κ1) is 42.5. The second-order valence-electron chi connectivity index (χ2n) is 17.9. The van der Waals surface area contributed by atoms with E-state index in [0.29, 0.717) is 18.8 Å². The number of rotatable bonds is 14. The summed E-state index contributed by atoms with van der Waals surface area (Å²) in [6, 6.07) is -0.635. The van der Waals surface area contributed by atoms with Crippen LogP contribution < -0.4 is 20.1 Å². The molecule has 4 atom stereocenters. The summed E-state index contributed by atoms with van der Waals surface area (Å²) in [6.07, 6.45) is 3.11. The molecule has 1 amide bonds. The maximum absolute atomic E-state index is 16.2. The molecule has 3 aliphatic carbocycles. The summed E-state index contributed by atoms with van der Waals surface area (Å²) >= 11 is 0. The number of Topliss-reactive ketones (excluding diaryl/α,β-unsaturated/α-hetero) is 2. The summed E-state index contributed by atoms with van der Waals surface area (Å²) in [6.45, 7) is 20.2. The molecule has 3 N–H and O–H groups in total. The molecule has 0 aliphatic heterocycles. The number of carbonyl (C=O) groups is 3. The van der Waals surface area contributed by atoms with Crippen LogP contribution in [0.2, 0.25) is 18.1 Å². The van der Waals surface area contributed by atoms with Crippen molar-refractivity contribution in [2.24, 2.45) is 11.8 Å². The number of pyridine rings is 1. The number of carbonyl (C=O) groups excluding carboxylic acids is 3. The van der Waals surface area contributed by atoms with Crippen LogP contribution in [0.15, 0.2) is 15.9 Å². The van der Waals surface area contributed by atoms with E-state index in [2.05, 4.69) is 20.8 Å². The third kappa shape index (κ3) is 7.86. The molecule has 5 rings (SSSR count). The number of ether oxygens (including phenoxy) is 2. The van der Waals surface area contributed by atoms with Crippen molar-refractivity contribution in [1.82, 2.24) is 20.4 Å². The molecule has 304 valence electrons. The van der Waals surface area contributed by atoms with Crippen molar-refractivity contribution in [1.29, 1.82) is 0 Å². The smallest absolute Gasteiger partial charge is 0.265 e. The molecule has 0 unspecified atom stereocenters. The van der Waals surface area contributed by atoms with E-state index in [-0.39, 0.29) is 71.2 Å². The van der Waals surface area contributed by atoms with Gasteiger partial charge in [0.15, 0.2) is 37.0 Å². The number of unbranched alkanes of at least 4 members (excludes halogenated alkanes) is 2. The van der Waals surface area contributed by atoms with Gasteiger partial charge in [0.05, 0.1) is 31.4 Å². The number of anilines is 1. The van der Waals surface area contributed by atoms with Gasteiger partial charge in [-0.05, 0) is 89.8 Å². The molecule has 0 spiro atoms. The minimum Gasteiger partial charge on any atom is -0.508 e. The van der Waals surface area contributed by atoms with Crippen LogP contribution in [0.4, 0.5) is 10.2 Å². The molecule has 0 fully saturated rings. The Morgan fingerprint density at radius 3 is 2.27 bits per heavy atom. The van der Waals surface area contributed by atoms with Crippen LogP contribution in [-0.2, 0) is 15.6 Å². The molecule has 0 saturated carbocycles. The van der Waals surface area contributed by atoms with Gasteiger partial charge < -0.3 is 34.2 Å². The third-order valence-corrected chi connectivity index (χ3v) is 15.8. The first-order valence-corrected chi connectivity index (χ1v) is 22.4. The largest absolute Gasteiger partial charge is 0.508 e. The fraction of sp³-hybridized carbons (Fsp3) is 0.675. The monoisotopic (exact) mass is 785 g/mol. The van der Waals surface area contributed by atoms with Gasteiger partial charge in [0.25, 0.3) is 5.88 Å². The van der Waals surface area contributed by atoms with Crippen LogP contribution in [0.3, 0.4) is 0 Å². The topological polar surface area (TPSA) is 165 Å². The van der Waals surface area contributed by atoms with Gasteiger partial charge in [0.1, 0.15) is 11.3 Å². The zero-order valence-corrected chi connectivity index (χ0v) is 35.6. The highest BCUT2D eigenvalue weighted by Gasteiger charge is 2.67. The number of halogens is 1. The van der Waals surface area contributed by atoms with Gasteiger partial charge in [0.2, 0.25) is 17.6 Å². The average molecular weight is 786 g/mol. The summed E-state index contributed by atoms with van der Waals surface area (Å²) in [5, 5.41) is 22.4. The fourth-order valence-electron chi connectivity index (χ4n) is 7.51. The Kier molecular flexibility index (Phi) is 12.1. The van der Waals surface area contributed by atoms with Gasteiger partial charge >= 0.3 is 0 Å². The SMILES string of the molecule is CCCCOc1noc2c1C(=O)[C@@]1(O[Si](C)(C)C(C)(C)C)C(O)=C3C(=O)c4c(c(F)nc(NC(=O)CNC(C)(C)C)c4OCCCC)C[C@H]3C[C@H]1[C@@H]2N(C)C. The molecule has 0 saturated heterocycles. The Labute approximate surface area is 325 Å². The van der Waals surface area contributed by atoms with Gasteiger partial charge in [-0.15, -0.1) is 0 Å². The number of hydrogen-bond donors (Lipinski definition) is 3. The van der Waals surface area contributed by atoms with Gasteiger partial charge in [-0.2, -0.15) is 9.37 Å². The van der Waals surface area contributed by atoms with Crippen molar-refractivity contribution in [2.45, 2.75) is 129 Å². The first-order chi connectivity index (χ1) is 25.6. The number of nitrogens with zero attached hydrogens (tertiary/aromatic N) is 3. The molecule has 3 aliphatic rings.